The first kappa shape index (κ1) is 11.1. The van der Waals surface area contributed by atoms with Gasteiger partial charge in [0, 0.05) is 10.4 Å². The summed E-state index contributed by atoms with van der Waals surface area (Å²) in [4.78, 5) is -0.0456. The van der Waals surface area contributed by atoms with E-state index in [1.54, 1.807) is 0 Å². The number of hydrogen-bond acceptors (Lipinski definition) is 0. The van der Waals surface area contributed by atoms with Crippen molar-refractivity contribution < 1.29 is 8.78 Å². The minimum atomic E-state index is -0.367. The monoisotopic (exact) mass is 274 g/mol. The topological polar surface area (TPSA) is 0 Å². The van der Waals surface area contributed by atoms with Crippen LogP contribution < -0.4 is 0 Å². The predicted molar refractivity (Wildman–Crippen MR) is 60.0 cm³/mol. The van der Waals surface area contributed by atoms with Gasteiger partial charge in [-0.15, -0.1) is 0 Å². The normalized spacial score (nSPS) is 19.4. The average molecular weight is 275 g/mol. The third kappa shape index (κ3) is 2.39. The zero-order chi connectivity index (χ0) is 10.8. The van der Waals surface area contributed by atoms with Crippen molar-refractivity contribution in [1.82, 2.24) is 0 Å². The van der Waals surface area contributed by atoms with Crippen molar-refractivity contribution in [2.45, 2.75) is 30.5 Å². The molecule has 0 amide bonds. The molecule has 1 unspecified atom stereocenters. The van der Waals surface area contributed by atoms with E-state index < -0.39 is 0 Å². The van der Waals surface area contributed by atoms with Crippen molar-refractivity contribution in [3.05, 3.63) is 35.4 Å². The van der Waals surface area contributed by atoms with Crippen molar-refractivity contribution >= 4 is 15.9 Å². The first-order valence-corrected chi connectivity index (χ1v) is 6.19. The van der Waals surface area contributed by atoms with Crippen molar-refractivity contribution in [3.63, 3.8) is 0 Å². The van der Waals surface area contributed by atoms with Gasteiger partial charge in [-0.2, -0.15) is 0 Å². The van der Waals surface area contributed by atoms with E-state index in [0.29, 0.717) is 11.5 Å². The molecule has 0 aromatic heterocycles. The molecule has 1 aliphatic carbocycles. The minimum absolute atomic E-state index is 0.0456. The zero-order valence-electron chi connectivity index (χ0n) is 8.35. The summed E-state index contributed by atoms with van der Waals surface area (Å²) >= 11 is 3.49. The van der Waals surface area contributed by atoms with Crippen LogP contribution >= 0.6 is 15.9 Å². The fraction of sp³-hybridized carbons (Fsp3) is 0.500. The number of hydrogen-bond donors (Lipinski definition) is 0. The van der Waals surface area contributed by atoms with Gasteiger partial charge in [0.15, 0.2) is 0 Å². The molecule has 82 valence electrons. The summed E-state index contributed by atoms with van der Waals surface area (Å²) in [7, 11) is 0. The van der Waals surface area contributed by atoms with Crippen LogP contribution in [0, 0.1) is 17.6 Å². The van der Waals surface area contributed by atoms with Gasteiger partial charge in [0.2, 0.25) is 0 Å². The Labute approximate surface area is 96.8 Å². The van der Waals surface area contributed by atoms with Crippen LogP contribution in [-0.2, 0) is 0 Å². The quantitative estimate of drug-likeness (QED) is 0.692. The van der Waals surface area contributed by atoms with Gasteiger partial charge in [-0.25, -0.2) is 8.78 Å². The van der Waals surface area contributed by atoms with Crippen LogP contribution in [-0.4, -0.2) is 0 Å². The Morgan fingerprint density at radius 3 is 2.53 bits per heavy atom. The number of rotatable bonds is 2. The summed E-state index contributed by atoms with van der Waals surface area (Å²) in [6.07, 6.45) is 4.60. The van der Waals surface area contributed by atoms with E-state index in [4.69, 9.17) is 0 Å². The van der Waals surface area contributed by atoms with Crippen molar-refractivity contribution in [1.29, 1.82) is 0 Å². The summed E-state index contributed by atoms with van der Waals surface area (Å²) < 4.78 is 26.5. The molecule has 0 N–H and O–H groups in total. The lowest BCUT2D eigenvalue weighted by molar-refractivity contribution is 0.511. The van der Waals surface area contributed by atoms with Crippen molar-refractivity contribution in [3.8, 4) is 0 Å². The first-order valence-electron chi connectivity index (χ1n) is 5.27. The molecule has 1 fully saturated rings. The number of halogens is 3. The van der Waals surface area contributed by atoms with Gasteiger partial charge in [0.05, 0.1) is 0 Å². The second-order valence-corrected chi connectivity index (χ2v) is 5.10. The molecule has 0 aliphatic heterocycles. The van der Waals surface area contributed by atoms with Gasteiger partial charge in [0.25, 0.3) is 0 Å². The van der Waals surface area contributed by atoms with E-state index in [1.807, 2.05) is 0 Å². The molecule has 2 rings (SSSR count). The SMILES string of the molecule is Fc1ccc(F)c(C(Br)C2CCCC2)c1. The smallest absolute Gasteiger partial charge is 0.127 e. The van der Waals surface area contributed by atoms with Crippen LogP contribution in [0.3, 0.4) is 0 Å². The van der Waals surface area contributed by atoms with E-state index in [-0.39, 0.29) is 16.5 Å². The predicted octanol–water partition coefficient (Wildman–Crippen LogP) is 4.59. The van der Waals surface area contributed by atoms with Crippen molar-refractivity contribution in [2.75, 3.05) is 0 Å². The lowest BCUT2D eigenvalue weighted by Crippen LogP contribution is -2.05. The third-order valence-corrected chi connectivity index (χ3v) is 4.31. The fourth-order valence-electron chi connectivity index (χ4n) is 2.23. The molecule has 0 nitrogen and oxygen atoms in total. The maximum atomic E-state index is 13.5. The Morgan fingerprint density at radius 2 is 1.87 bits per heavy atom. The molecule has 1 aliphatic rings. The molecule has 0 radical (unpaired) electrons. The molecule has 1 aromatic carbocycles. The molecule has 1 aromatic rings. The lowest BCUT2D eigenvalue weighted by Gasteiger charge is -2.17. The Hall–Kier alpha value is -0.440. The molecule has 15 heavy (non-hydrogen) atoms. The molecule has 0 spiro atoms. The van der Waals surface area contributed by atoms with E-state index >= 15 is 0 Å². The standard InChI is InChI=1S/C12H13BrF2/c13-12(8-3-1-2-4-8)10-7-9(14)5-6-11(10)15/h5-8,12H,1-4H2. The zero-order valence-corrected chi connectivity index (χ0v) is 9.94. The summed E-state index contributed by atoms with van der Waals surface area (Å²) in [6.45, 7) is 0. The van der Waals surface area contributed by atoms with Gasteiger partial charge < -0.3 is 0 Å². The summed E-state index contributed by atoms with van der Waals surface area (Å²) in [5.41, 5.74) is 0.460. The minimum Gasteiger partial charge on any atom is -0.207 e. The van der Waals surface area contributed by atoms with Gasteiger partial charge in [-0.3, -0.25) is 0 Å². The van der Waals surface area contributed by atoms with Gasteiger partial charge >= 0.3 is 0 Å². The van der Waals surface area contributed by atoms with Gasteiger partial charge in [0.1, 0.15) is 11.6 Å². The summed E-state index contributed by atoms with van der Waals surface area (Å²) in [5.74, 6) is -0.236. The Kier molecular flexibility index (Phi) is 3.39. The third-order valence-electron chi connectivity index (χ3n) is 3.07. The van der Waals surface area contributed by atoms with Crippen LogP contribution in [0.1, 0.15) is 36.1 Å². The maximum Gasteiger partial charge on any atom is 0.127 e. The van der Waals surface area contributed by atoms with E-state index in [1.165, 1.54) is 25.0 Å². The highest BCUT2D eigenvalue weighted by atomic mass is 79.9. The largest absolute Gasteiger partial charge is 0.207 e. The Bertz CT molecular complexity index is 345. The van der Waals surface area contributed by atoms with E-state index in [2.05, 4.69) is 15.9 Å². The molecule has 0 saturated heterocycles. The van der Waals surface area contributed by atoms with Crippen LogP contribution in [0.15, 0.2) is 18.2 Å². The number of alkyl halides is 1. The molecular formula is C12H13BrF2. The second-order valence-electron chi connectivity index (χ2n) is 4.11. The molecule has 1 atom stereocenters. The summed E-state index contributed by atoms with van der Waals surface area (Å²) in [6, 6.07) is 3.66. The van der Waals surface area contributed by atoms with Crippen LogP contribution in [0.4, 0.5) is 8.78 Å². The fourth-order valence-corrected chi connectivity index (χ4v) is 3.11. The van der Waals surface area contributed by atoms with Crippen LogP contribution in [0.5, 0.6) is 0 Å². The highest BCUT2D eigenvalue weighted by Crippen LogP contribution is 2.41. The van der Waals surface area contributed by atoms with Gasteiger partial charge in [-0.05, 0) is 37.0 Å². The molecule has 1 saturated carbocycles. The van der Waals surface area contributed by atoms with Crippen molar-refractivity contribution in [2.24, 2.45) is 5.92 Å². The lowest BCUT2D eigenvalue weighted by atomic mass is 9.97. The molecular weight excluding hydrogens is 262 g/mol. The first-order chi connectivity index (χ1) is 7.18. The highest BCUT2D eigenvalue weighted by Gasteiger charge is 2.26. The van der Waals surface area contributed by atoms with E-state index in [0.717, 1.165) is 18.9 Å². The maximum absolute atomic E-state index is 13.5. The second kappa shape index (κ2) is 4.60. The summed E-state index contributed by atoms with van der Waals surface area (Å²) in [5, 5.41) is 0. The van der Waals surface area contributed by atoms with Gasteiger partial charge in [-0.1, -0.05) is 28.8 Å². The average Bonchev–Trinajstić information content (AvgIpc) is 2.74. The number of benzene rings is 1. The van der Waals surface area contributed by atoms with Crippen LogP contribution in [0.25, 0.3) is 0 Å². The molecule has 0 heterocycles. The molecule has 3 heteroatoms. The highest BCUT2D eigenvalue weighted by molar-refractivity contribution is 9.09. The Morgan fingerprint density at radius 1 is 1.20 bits per heavy atom. The Balaban J connectivity index is 2.23. The van der Waals surface area contributed by atoms with E-state index in [9.17, 15) is 8.78 Å². The van der Waals surface area contributed by atoms with Crippen LogP contribution in [0.2, 0.25) is 0 Å². The molecule has 0 bridgehead atoms.